The molecule has 0 aliphatic rings. The third kappa shape index (κ3) is 3.75. The second kappa shape index (κ2) is 6.12. The lowest BCUT2D eigenvalue weighted by Crippen LogP contribution is -2.19. The van der Waals surface area contributed by atoms with Gasteiger partial charge in [0.1, 0.15) is 0 Å². The van der Waals surface area contributed by atoms with Crippen LogP contribution in [-0.2, 0) is 4.79 Å². The van der Waals surface area contributed by atoms with Gasteiger partial charge in [-0.3, -0.25) is 9.78 Å². The van der Waals surface area contributed by atoms with Crippen molar-refractivity contribution in [3.8, 4) is 0 Å². The van der Waals surface area contributed by atoms with Gasteiger partial charge in [-0.05, 0) is 41.4 Å². The number of anilines is 1. The zero-order valence-corrected chi connectivity index (χ0v) is 12.3. The van der Waals surface area contributed by atoms with Crippen LogP contribution >= 0.6 is 15.9 Å². The van der Waals surface area contributed by atoms with Crippen LogP contribution in [0.4, 0.5) is 5.69 Å². The number of pyridine rings is 1. The summed E-state index contributed by atoms with van der Waals surface area (Å²) in [4.78, 5) is 16.2. The van der Waals surface area contributed by atoms with Crippen LogP contribution in [0.25, 0.3) is 10.9 Å². The van der Waals surface area contributed by atoms with E-state index in [9.17, 15) is 4.79 Å². The number of halogens is 1. The van der Waals surface area contributed by atoms with Crippen molar-refractivity contribution in [3.63, 3.8) is 0 Å². The lowest BCUT2D eigenvalue weighted by molar-refractivity contribution is -0.116. The Kier molecular flexibility index (Phi) is 4.50. The molecule has 4 nitrogen and oxygen atoms in total. The Labute approximate surface area is 120 Å². The Morgan fingerprint density at radius 1 is 1.53 bits per heavy atom. The normalized spacial score (nSPS) is 12.4. The van der Waals surface area contributed by atoms with Crippen LogP contribution in [0.1, 0.15) is 19.8 Å². The van der Waals surface area contributed by atoms with Gasteiger partial charge in [0.05, 0.1) is 11.2 Å². The molecule has 1 unspecified atom stereocenters. The number of nitrogens with two attached hydrogens (primary N) is 1. The molecule has 0 aliphatic heterocycles. The first-order valence-corrected chi connectivity index (χ1v) is 6.95. The van der Waals surface area contributed by atoms with Crippen LogP contribution in [-0.4, -0.2) is 16.9 Å². The summed E-state index contributed by atoms with van der Waals surface area (Å²) in [7, 11) is 0. The third-order valence-corrected chi connectivity index (χ3v) is 3.21. The summed E-state index contributed by atoms with van der Waals surface area (Å²) in [5.74, 6) is -0.0329. The second-order valence-electron chi connectivity index (χ2n) is 4.59. The minimum Gasteiger partial charge on any atom is -0.328 e. The molecule has 1 heterocycles. The van der Waals surface area contributed by atoms with Gasteiger partial charge in [0, 0.05) is 28.5 Å². The molecule has 1 aromatic carbocycles. The summed E-state index contributed by atoms with van der Waals surface area (Å²) in [5.41, 5.74) is 7.17. The maximum atomic E-state index is 11.8. The molecule has 3 N–H and O–H groups in total. The van der Waals surface area contributed by atoms with Gasteiger partial charge < -0.3 is 11.1 Å². The van der Waals surface area contributed by atoms with Crippen molar-refractivity contribution in [2.24, 2.45) is 5.73 Å². The van der Waals surface area contributed by atoms with Crippen LogP contribution in [0.3, 0.4) is 0 Å². The Morgan fingerprint density at radius 3 is 3.05 bits per heavy atom. The minimum atomic E-state index is -0.0329. The minimum absolute atomic E-state index is 0.0329. The molecular formula is C14H16BrN3O. The maximum absolute atomic E-state index is 11.8. The molecule has 0 saturated heterocycles. The van der Waals surface area contributed by atoms with Crippen LogP contribution in [0, 0.1) is 0 Å². The van der Waals surface area contributed by atoms with Gasteiger partial charge in [0.25, 0.3) is 0 Å². The molecule has 0 spiro atoms. The number of hydrogen-bond acceptors (Lipinski definition) is 3. The SMILES string of the molecule is CC(N)CCC(=O)Nc1cccc2cc(Br)cnc12. The van der Waals surface area contributed by atoms with Crippen molar-refractivity contribution in [1.29, 1.82) is 0 Å². The number of amides is 1. The highest BCUT2D eigenvalue weighted by Crippen LogP contribution is 2.24. The highest BCUT2D eigenvalue weighted by atomic mass is 79.9. The van der Waals surface area contributed by atoms with Crippen molar-refractivity contribution in [2.45, 2.75) is 25.8 Å². The number of nitrogens with zero attached hydrogens (tertiary/aromatic N) is 1. The van der Waals surface area contributed by atoms with Crippen molar-refractivity contribution < 1.29 is 4.79 Å². The average Bonchev–Trinajstić information content (AvgIpc) is 2.36. The topological polar surface area (TPSA) is 68.0 Å². The highest BCUT2D eigenvalue weighted by Gasteiger charge is 2.08. The zero-order valence-electron chi connectivity index (χ0n) is 10.7. The Morgan fingerprint density at radius 2 is 2.32 bits per heavy atom. The molecule has 2 aromatic rings. The number of carbonyl (C=O) groups excluding carboxylic acids is 1. The number of rotatable bonds is 4. The molecule has 0 bridgehead atoms. The monoisotopic (exact) mass is 321 g/mol. The molecule has 0 radical (unpaired) electrons. The fourth-order valence-corrected chi connectivity index (χ4v) is 2.16. The van der Waals surface area contributed by atoms with Gasteiger partial charge in [-0.1, -0.05) is 12.1 Å². The van der Waals surface area contributed by atoms with Crippen LogP contribution in [0.5, 0.6) is 0 Å². The van der Waals surface area contributed by atoms with Crippen LogP contribution < -0.4 is 11.1 Å². The third-order valence-electron chi connectivity index (χ3n) is 2.78. The standard InChI is InChI=1S/C14H16BrN3O/c1-9(16)5-6-13(19)18-12-4-2-3-10-7-11(15)8-17-14(10)12/h2-4,7-9H,5-6,16H2,1H3,(H,18,19). The van der Waals surface area contributed by atoms with Gasteiger partial charge in [-0.2, -0.15) is 0 Å². The summed E-state index contributed by atoms with van der Waals surface area (Å²) in [5, 5.41) is 3.87. The number of fused-ring (bicyclic) bond motifs is 1. The van der Waals surface area contributed by atoms with E-state index in [1.54, 1.807) is 6.20 Å². The fourth-order valence-electron chi connectivity index (χ4n) is 1.81. The molecule has 1 aromatic heterocycles. The number of nitrogens with one attached hydrogen (secondary N) is 1. The quantitative estimate of drug-likeness (QED) is 0.909. The molecule has 1 atom stereocenters. The first-order valence-electron chi connectivity index (χ1n) is 6.16. The Bertz CT molecular complexity index is 598. The summed E-state index contributed by atoms with van der Waals surface area (Å²) in [6.45, 7) is 1.89. The van der Waals surface area contributed by atoms with Gasteiger partial charge >= 0.3 is 0 Å². The molecule has 100 valence electrons. The number of para-hydroxylation sites is 1. The van der Waals surface area contributed by atoms with E-state index in [0.29, 0.717) is 12.8 Å². The molecule has 1 amide bonds. The summed E-state index contributed by atoms with van der Waals surface area (Å²) < 4.78 is 0.917. The second-order valence-corrected chi connectivity index (χ2v) is 5.51. The average molecular weight is 322 g/mol. The first-order chi connectivity index (χ1) is 9.06. The molecule has 19 heavy (non-hydrogen) atoms. The van der Waals surface area contributed by atoms with E-state index in [2.05, 4.69) is 26.2 Å². The van der Waals surface area contributed by atoms with E-state index in [1.807, 2.05) is 31.2 Å². The summed E-state index contributed by atoms with van der Waals surface area (Å²) in [6, 6.07) is 7.72. The highest BCUT2D eigenvalue weighted by molar-refractivity contribution is 9.10. The fraction of sp³-hybridized carbons (Fsp3) is 0.286. The van der Waals surface area contributed by atoms with E-state index in [4.69, 9.17) is 5.73 Å². The first kappa shape index (κ1) is 14.0. The van der Waals surface area contributed by atoms with E-state index in [-0.39, 0.29) is 11.9 Å². The Hall–Kier alpha value is -1.46. The maximum Gasteiger partial charge on any atom is 0.224 e. The molecule has 2 rings (SSSR count). The van der Waals surface area contributed by atoms with Crippen LogP contribution in [0.2, 0.25) is 0 Å². The number of hydrogen-bond donors (Lipinski definition) is 2. The number of benzene rings is 1. The van der Waals surface area contributed by atoms with E-state index in [0.717, 1.165) is 21.1 Å². The van der Waals surface area contributed by atoms with Gasteiger partial charge in [0.2, 0.25) is 5.91 Å². The predicted octanol–water partition coefficient (Wildman–Crippen LogP) is 3.06. The lowest BCUT2D eigenvalue weighted by atomic mass is 10.1. The van der Waals surface area contributed by atoms with E-state index in [1.165, 1.54) is 0 Å². The smallest absolute Gasteiger partial charge is 0.224 e. The number of aromatic nitrogens is 1. The summed E-state index contributed by atoms with van der Waals surface area (Å²) in [6.07, 6.45) is 2.82. The molecule has 0 saturated carbocycles. The largest absolute Gasteiger partial charge is 0.328 e. The van der Waals surface area contributed by atoms with Crippen LogP contribution in [0.15, 0.2) is 34.9 Å². The van der Waals surface area contributed by atoms with E-state index >= 15 is 0 Å². The van der Waals surface area contributed by atoms with Gasteiger partial charge in [0.15, 0.2) is 0 Å². The van der Waals surface area contributed by atoms with E-state index < -0.39 is 0 Å². The van der Waals surface area contributed by atoms with Crippen molar-refractivity contribution in [3.05, 3.63) is 34.9 Å². The predicted molar refractivity (Wildman–Crippen MR) is 81.0 cm³/mol. The summed E-state index contributed by atoms with van der Waals surface area (Å²) >= 11 is 3.38. The lowest BCUT2D eigenvalue weighted by Gasteiger charge is -2.09. The molecule has 0 fully saturated rings. The molecule has 0 aliphatic carbocycles. The van der Waals surface area contributed by atoms with Crippen molar-refractivity contribution in [1.82, 2.24) is 4.98 Å². The van der Waals surface area contributed by atoms with Crippen molar-refractivity contribution in [2.75, 3.05) is 5.32 Å². The zero-order chi connectivity index (χ0) is 13.8. The van der Waals surface area contributed by atoms with Gasteiger partial charge in [-0.25, -0.2) is 0 Å². The van der Waals surface area contributed by atoms with Gasteiger partial charge in [-0.15, -0.1) is 0 Å². The number of carbonyl (C=O) groups is 1. The Balaban J connectivity index is 2.19. The van der Waals surface area contributed by atoms with Crippen molar-refractivity contribution >= 4 is 38.4 Å². The molecular weight excluding hydrogens is 306 g/mol. The molecule has 5 heteroatoms.